The fourth-order valence-corrected chi connectivity index (χ4v) is 3.72. The predicted octanol–water partition coefficient (Wildman–Crippen LogP) is 3.08. The van der Waals surface area contributed by atoms with Gasteiger partial charge in [-0.15, -0.1) is 0 Å². The molecule has 2 atom stereocenters. The van der Waals surface area contributed by atoms with Crippen molar-refractivity contribution in [2.45, 2.75) is 32.6 Å². The van der Waals surface area contributed by atoms with Gasteiger partial charge in [-0.25, -0.2) is 4.79 Å². The van der Waals surface area contributed by atoms with Gasteiger partial charge < -0.3 is 14.8 Å². The third-order valence-corrected chi connectivity index (χ3v) is 4.75. The van der Waals surface area contributed by atoms with Crippen LogP contribution in [0.25, 0.3) is 0 Å². The predicted molar refractivity (Wildman–Crippen MR) is 94.0 cm³/mol. The number of ketones is 1. The van der Waals surface area contributed by atoms with Crippen molar-refractivity contribution in [1.82, 2.24) is 5.32 Å². The second-order valence-corrected chi connectivity index (χ2v) is 6.28. The first-order valence-corrected chi connectivity index (χ1v) is 8.58. The highest BCUT2D eigenvalue weighted by Gasteiger charge is 2.43. The van der Waals surface area contributed by atoms with E-state index < -0.39 is 5.97 Å². The van der Waals surface area contributed by atoms with Gasteiger partial charge in [0.15, 0.2) is 0 Å². The fraction of sp³-hybridized carbons (Fsp3) is 0.400. The van der Waals surface area contributed by atoms with Crippen LogP contribution in [-0.4, -0.2) is 25.5 Å². The average molecular weight is 341 g/mol. The van der Waals surface area contributed by atoms with Gasteiger partial charge >= 0.3 is 5.97 Å². The molecule has 0 spiro atoms. The highest BCUT2D eigenvalue weighted by Crippen LogP contribution is 2.44. The van der Waals surface area contributed by atoms with Crippen molar-refractivity contribution in [3.05, 3.63) is 52.9 Å². The van der Waals surface area contributed by atoms with E-state index in [0.717, 1.165) is 29.1 Å². The van der Waals surface area contributed by atoms with Gasteiger partial charge in [-0.1, -0.05) is 18.2 Å². The van der Waals surface area contributed by atoms with Gasteiger partial charge in [0.1, 0.15) is 11.5 Å². The van der Waals surface area contributed by atoms with Gasteiger partial charge in [-0.3, -0.25) is 4.79 Å². The Morgan fingerprint density at radius 1 is 1.32 bits per heavy atom. The summed E-state index contributed by atoms with van der Waals surface area (Å²) in [5.41, 5.74) is 3.01. The van der Waals surface area contributed by atoms with Gasteiger partial charge in [0.05, 0.1) is 25.2 Å². The minimum absolute atomic E-state index is 0.144. The Hall–Kier alpha value is -2.56. The van der Waals surface area contributed by atoms with Crippen molar-refractivity contribution in [3.63, 3.8) is 0 Å². The molecule has 2 aliphatic rings. The summed E-state index contributed by atoms with van der Waals surface area (Å²) in [5, 5.41) is 3.24. The van der Waals surface area contributed by atoms with Crippen molar-refractivity contribution < 1.29 is 19.1 Å². The van der Waals surface area contributed by atoms with Crippen molar-refractivity contribution in [3.8, 4) is 5.75 Å². The molecule has 2 unspecified atom stereocenters. The molecule has 0 fully saturated rings. The molecule has 0 amide bonds. The number of ether oxygens (including phenoxy) is 2. The SMILES string of the molecule is CCOc1cccc(C2C(C(=O)OC)=C(C)NC3=CCCC(=O)C32)c1. The van der Waals surface area contributed by atoms with Crippen LogP contribution in [0.1, 0.15) is 38.2 Å². The van der Waals surface area contributed by atoms with Gasteiger partial charge in [-0.2, -0.15) is 0 Å². The number of Topliss-reactive ketones (excluding diaryl/α,β-unsaturated/α-hetero) is 1. The van der Waals surface area contributed by atoms with Crippen LogP contribution in [0.15, 0.2) is 47.3 Å². The minimum Gasteiger partial charge on any atom is -0.494 e. The number of nitrogens with one attached hydrogen (secondary N) is 1. The number of allylic oxidation sites excluding steroid dienone is 3. The first kappa shape index (κ1) is 17.3. The number of rotatable bonds is 4. The molecule has 1 aromatic carbocycles. The lowest BCUT2D eigenvalue weighted by Gasteiger charge is -2.37. The maximum atomic E-state index is 12.7. The monoisotopic (exact) mass is 341 g/mol. The Labute approximate surface area is 147 Å². The van der Waals surface area contributed by atoms with Crippen LogP contribution in [0.2, 0.25) is 0 Å². The van der Waals surface area contributed by atoms with Crippen LogP contribution in [-0.2, 0) is 14.3 Å². The molecule has 3 rings (SSSR count). The molecule has 1 aliphatic heterocycles. The number of carbonyl (C=O) groups excluding carboxylic acids is 2. The number of hydrogen-bond donors (Lipinski definition) is 1. The van der Waals surface area contributed by atoms with E-state index in [2.05, 4.69) is 11.4 Å². The minimum atomic E-state index is -0.408. The second-order valence-electron chi connectivity index (χ2n) is 6.28. The van der Waals surface area contributed by atoms with Gasteiger partial charge in [0, 0.05) is 23.7 Å². The third-order valence-electron chi connectivity index (χ3n) is 4.75. The molecule has 25 heavy (non-hydrogen) atoms. The average Bonchev–Trinajstić information content (AvgIpc) is 2.60. The topological polar surface area (TPSA) is 64.6 Å². The first-order valence-electron chi connectivity index (χ1n) is 8.58. The third kappa shape index (κ3) is 3.18. The van der Waals surface area contributed by atoms with Gasteiger partial charge in [0.25, 0.3) is 0 Å². The molecule has 5 nitrogen and oxygen atoms in total. The molecule has 132 valence electrons. The van der Waals surface area contributed by atoms with Gasteiger partial charge in [0.2, 0.25) is 0 Å². The molecule has 1 aliphatic carbocycles. The zero-order valence-electron chi connectivity index (χ0n) is 14.8. The van der Waals surface area contributed by atoms with Crippen molar-refractivity contribution in [2.75, 3.05) is 13.7 Å². The van der Waals surface area contributed by atoms with E-state index >= 15 is 0 Å². The Morgan fingerprint density at radius 2 is 2.12 bits per heavy atom. The van der Waals surface area contributed by atoms with Crippen LogP contribution >= 0.6 is 0 Å². The zero-order valence-corrected chi connectivity index (χ0v) is 14.8. The highest BCUT2D eigenvalue weighted by atomic mass is 16.5. The lowest BCUT2D eigenvalue weighted by Crippen LogP contribution is -2.40. The van der Waals surface area contributed by atoms with Crippen LogP contribution in [0.4, 0.5) is 0 Å². The highest BCUT2D eigenvalue weighted by molar-refractivity contribution is 5.96. The maximum absolute atomic E-state index is 12.7. The molecule has 1 heterocycles. The molecule has 5 heteroatoms. The summed E-state index contributed by atoms with van der Waals surface area (Å²) < 4.78 is 10.6. The molecule has 1 aromatic rings. The quantitative estimate of drug-likeness (QED) is 0.853. The van der Waals surface area contributed by atoms with Gasteiger partial charge in [-0.05, 0) is 38.0 Å². The maximum Gasteiger partial charge on any atom is 0.336 e. The van der Waals surface area contributed by atoms with Crippen molar-refractivity contribution in [2.24, 2.45) is 5.92 Å². The molecule has 0 saturated heterocycles. The van der Waals surface area contributed by atoms with E-state index in [-0.39, 0.29) is 17.6 Å². The van der Waals surface area contributed by atoms with E-state index in [4.69, 9.17) is 9.47 Å². The molecule has 0 radical (unpaired) electrons. The van der Waals surface area contributed by atoms with E-state index in [9.17, 15) is 9.59 Å². The lowest BCUT2D eigenvalue weighted by molar-refractivity contribution is -0.136. The van der Waals surface area contributed by atoms with E-state index in [1.807, 2.05) is 38.1 Å². The van der Waals surface area contributed by atoms with E-state index in [1.165, 1.54) is 7.11 Å². The van der Waals surface area contributed by atoms with Crippen LogP contribution in [0.5, 0.6) is 5.75 Å². The van der Waals surface area contributed by atoms with E-state index in [1.54, 1.807) is 0 Å². The van der Waals surface area contributed by atoms with Crippen molar-refractivity contribution >= 4 is 11.8 Å². The number of fused-ring (bicyclic) bond motifs is 1. The summed E-state index contributed by atoms with van der Waals surface area (Å²) in [6, 6.07) is 7.62. The van der Waals surface area contributed by atoms with Crippen LogP contribution in [0, 0.1) is 5.92 Å². The normalized spacial score (nSPS) is 22.7. The fourth-order valence-electron chi connectivity index (χ4n) is 3.72. The molecule has 0 saturated carbocycles. The number of methoxy groups -OCH3 is 1. The van der Waals surface area contributed by atoms with E-state index in [0.29, 0.717) is 18.6 Å². The smallest absolute Gasteiger partial charge is 0.336 e. The standard InChI is InChI=1S/C20H23NO4/c1-4-25-14-8-5-7-13(11-14)18-17(20(23)24-3)12(2)21-15-9-6-10-16(22)19(15)18/h5,7-9,11,18-19,21H,4,6,10H2,1-3H3. The molecular formula is C20H23NO4. The summed E-state index contributed by atoms with van der Waals surface area (Å²) in [5.74, 6) is -0.286. The number of benzene rings is 1. The number of esters is 1. The number of carbonyl (C=O) groups is 2. The van der Waals surface area contributed by atoms with Crippen molar-refractivity contribution in [1.29, 1.82) is 0 Å². The second kappa shape index (κ2) is 7.13. The summed E-state index contributed by atoms with van der Waals surface area (Å²) in [7, 11) is 1.37. The Kier molecular flexibility index (Phi) is 4.93. The number of hydrogen-bond acceptors (Lipinski definition) is 5. The Balaban J connectivity index is 2.15. The molecular weight excluding hydrogens is 318 g/mol. The molecule has 0 bridgehead atoms. The molecule has 0 aromatic heterocycles. The largest absolute Gasteiger partial charge is 0.494 e. The zero-order chi connectivity index (χ0) is 18.0. The summed E-state index contributed by atoms with van der Waals surface area (Å²) >= 11 is 0. The molecule has 1 N–H and O–H groups in total. The Bertz CT molecular complexity index is 763. The Morgan fingerprint density at radius 3 is 2.84 bits per heavy atom. The first-order chi connectivity index (χ1) is 12.1. The van der Waals surface area contributed by atoms with Crippen LogP contribution < -0.4 is 10.1 Å². The summed E-state index contributed by atoms with van der Waals surface area (Å²) in [6.07, 6.45) is 3.28. The van der Waals surface area contributed by atoms with Crippen LogP contribution in [0.3, 0.4) is 0 Å². The lowest BCUT2D eigenvalue weighted by atomic mass is 9.71. The summed E-state index contributed by atoms with van der Waals surface area (Å²) in [4.78, 5) is 25.2. The summed E-state index contributed by atoms with van der Waals surface area (Å²) in [6.45, 7) is 4.33.